The van der Waals surface area contributed by atoms with E-state index in [4.69, 9.17) is 5.73 Å². The molecule has 0 aliphatic rings. The minimum Gasteiger partial charge on any atom is -0.398 e. The lowest BCUT2D eigenvalue weighted by molar-refractivity contribution is 0.0963. The van der Waals surface area contributed by atoms with Gasteiger partial charge in [-0.15, -0.1) is 0 Å². The zero-order chi connectivity index (χ0) is 12.8. The molecule has 0 heterocycles. The summed E-state index contributed by atoms with van der Waals surface area (Å²) < 4.78 is 0. The maximum atomic E-state index is 11.4. The number of carbonyl (C=O) groups excluding carboxylic acids is 1. The van der Waals surface area contributed by atoms with E-state index in [2.05, 4.69) is 24.1 Å². The van der Waals surface area contributed by atoms with Gasteiger partial charge in [-0.3, -0.25) is 9.69 Å². The fraction of sp³-hybridized carbons (Fsp3) is 0.462. The molecule has 0 fully saturated rings. The molecule has 0 aliphatic heterocycles. The Kier molecular flexibility index (Phi) is 4.97. The standard InChI is InChI=1S/C13H21N3O/c1-4-16(5-2)9-11-7-6-10(8-12(11)14)13(17)15-3/h6-8H,4-5,9,14H2,1-3H3,(H,15,17). The SMILES string of the molecule is CCN(CC)Cc1ccc(C(=O)NC)cc1N. The Morgan fingerprint density at radius 1 is 1.35 bits per heavy atom. The van der Waals surface area contributed by atoms with E-state index in [-0.39, 0.29) is 5.91 Å². The summed E-state index contributed by atoms with van der Waals surface area (Å²) in [6, 6.07) is 5.48. The van der Waals surface area contributed by atoms with Gasteiger partial charge in [-0.05, 0) is 30.8 Å². The van der Waals surface area contributed by atoms with Crippen molar-refractivity contribution in [1.82, 2.24) is 10.2 Å². The fourth-order valence-corrected chi connectivity index (χ4v) is 1.71. The van der Waals surface area contributed by atoms with Gasteiger partial charge in [-0.2, -0.15) is 0 Å². The van der Waals surface area contributed by atoms with Crippen molar-refractivity contribution in [1.29, 1.82) is 0 Å². The van der Waals surface area contributed by atoms with Crippen molar-refractivity contribution in [3.05, 3.63) is 29.3 Å². The highest BCUT2D eigenvalue weighted by molar-refractivity contribution is 5.95. The lowest BCUT2D eigenvalue weighted by Crippen LogP contribution is -2.23. The Morgan fingerprint density at radius 2 is 2.00 bits per heavy atom. The molecule has 0 spiro atoms. The van der Waals surface area contributed by atoms with Crippen molar-refractivity contribution in [2.75, 3.05) is 25.9 Å². The van der Waals surface area contributed by atoms with E-state index in [0.29, 0.717) is 11.3 Å². The number of anilines is 1. The third kappa shape index (κ3) is 3.46. The molecule has 4 nitrogen and oxygen atoms in total. The minimum absolute atomic E-state index is 0.105. The predicted octanol–water partition coefficient (Wildman–Crippen LogP) is 1.47. The quantitative estimate of drug-likeness (QED) is 0.760. The molecule has 17 heavy (non-hydrogen) atoms. The van der Waals surface area contributed by atoms with Crippen LogP contribution in [-0.2, 0) is 6.54 Å². The molecular formula is C13H21N3O. The van der Waals surface area contributed by atoms with E-state index in [0.717, 1.165) is 25.2 Å². The number of nitrogens with two attached hydrogens (primary N) is 1. The maximum absolute atomic E-state index is 11.4. The first-order valence-corrected chi connectivity index (χ1v) is 5.95. The third-order valence-corrected chi connectivity index (χ3v) is 2.92. The summed E-state index contributed by atoms with van der Waals surface area (Å²) in [6.45, 7) is 7.06. The van der Waals surface area contributed by atoms with Crippen LogP contribution >= 0.6 is 0 Å². The van der Waals surface area contributed by atoms with Crippen molar-refractivity contribution in [2.45, 2.75) is 20.4 Å². The highest BCUT2D eigenvalue weighted by Gasteiger charge is 2.08. The monoisotopic (exact) mass is 235 g/mol. The molecule has 0 unspecified atom stereocenters. The molecule has 0 aromatic heterocycles. The topological polar surface area (TPSA) is 58.4 Å². The highest BCUT2D eigenvalue weighted by atomic mass is 16.1. The van der Waals surface area contributed by atoms with E-state index in [1.807, 2.05) is 12.1 Å². The second kappa shape index (κ2) is 6.25. The summed E-state index contributed by atoms with van der Waals surface area (Å²) in [6.07, 6.45) is 0. The number of hydrogen-bond acceptors (Lipinski definition) is 3. The molecule has 1 rings (SSSR count). The van der Waals surface area contributed by atoms with E-state index >= 15 is 0 Å². The lowest BCUT2D eigenvalue weighted by Gasteiger charge is -2.19. The molecule has 1 aromatic rings. The molecule has 94 valence electrons. The van der Waals surface area contributed by atoms with E-state index in [1.54, 1.807) is 13.1 Å². The number of nitrogen functional groups attached to an aromatic ring is 1. The van der Waals surface area contributed by atoms with Crippen molar-refractivity contribution in [3.8, 4) is 0 Å². The van der Waals surface area contributed by atoms with Gasteiger partial charge >= 0.3 is 0 Å². The number of hydrogen-bond donors (Lipinski definition) is 2. The van der Waals surface area contributed by atoms with Crippen LogP contribution in [0.25, 0.3) is 0 Å². The summed E-state index contributed by atoms with van der Waals surface area (Å²) in [5.74, 6) is -0.105. The molecule has 1 amide bonds. The average molecular weight is 235 g/mol. The number of nitrogens with one attached hydrogen (secondary N) is 1. The van der Waals surface area contributed by atoms with Gasteiger partial charge in [-0.1, -0.05) is 19.9 Å². The van der Waals surface area contributed by atoms with Crippen molar-refractivity contribution >= 4 is 11.6 Å². The summed E-state index contributed by atoms with van der Waals surface area (Å²) in [7, 11) is 1.61. The minimum atomic E-state index is -0.105. The van der Waals surface area contributed by atoms with Crippen LogP contribution in [0.15, 0.2) is 18.2 Å². The van der Waals surface area contributed by atoms with Crippen LogP contribution in [0.5, 0.6) is 0 Å². The first-order chi connectivity index (χ1) is 8.12. The molecule has 0 atom stereocenters. The van der Waals surface area contributed by atoms with Crippen LogP contribution in [-0.4, -0.2) is 30.9 Å². The van der Waals surface area contributed by atoms with Gasteiger partial charge in [0.05, 0.1) is 0 Å². The Bertz CT molecular complexity index is 386. The summed E-state index contributed by atoms with van der Waals surface area (Å²) in [5, 5.41) is 2.59. The van der Waals surface area contributed by atoms with Gasteiger partial charge in [0.2, 0.25) is 0 Å². The van der Waals surface area contributed by atoms with Gasteiger partial charge in [0, 0.05) is 24.8 Å². The van der Waals surface area contributed by atoms with Crippen molar-refractivity contribution < 1.29 is 4.79 Å². The molecule has 0 bridgehead atoms. The van der Waals surface area contributed by atoms with Gasteiger partial charge < -0.3 is 11.1 Å². The van der Waals surface area contributed by atoms with Gasteiger partial charge in [0.1, 0.15) is 0 Å². The number of nitrogens with zero attached hydrogens (tertiary/aromatic N) is 1. The molecule has 0 saturated carbocycles. The van der Waals surface area contributed by atoms with E-state index in [1.165, 1.54) is 0 Å². The summed E-state index contributed by atoms with van der Waals surface area (Å²) in [5.41, 5.74) is 8.32. The van der Waals surface area contributed by atoms with Crippen LogP contribution in [0.3, 0.4) is 0 Å². The normalized spacial score (nSPS) is 10.6. The third-order valence-electron chi connectivity index (χ3n) is 2.92. The van der Waals surface area contributed by atoms with Crippen molar-refractivity contribution in [3.63, 3.8) is 0 Å². The molecule has 4 heteroatoms. The molecule has 0 aliphatic carbocycles. The van der Waals surface area contributed by atoms with E-state index < -0.39 is 0 Å². The fourth-order valence-electron chi connectivity index (χ4n) is 1.71. The summed E-state index contributed by atoms with van der Waals surface area (Å²) in [4.78, 5) is 13.7. The second-order valence-corrected chi connectivity index (χ2v) is 3.95. The number of rotatable bonds is 5. The molecular weight excluding hydrogens is 214 g/mol. The average Bonchev–Trinajstić information content (AvgIpc) is 2.36. The van der Waals surface area contributed by atoms with Crippen LogP contribution in [0, 0.1) is 0 Å². The highest BCUT2D eigenvalue weighted by Crippen LogP contribution is 2.16. The smallest absolute Gasteiger partial charge is 0.251 e. The molecule has 3 N–H and O–H groups in total. The Hall–Kier alpha value is -1.55. The lowest BCUT2D eigenvalue weighted by atomic mass is 10.1. The number of amides is 1. The molecule has 0 radical (unpaired) electrons. The van der Waals surface area contributed by atoms with Gasteiger partial charge in [-0.25, -0.2) is 0 Å². The molecule has 1 aromatic carbocycles. The van der Waals surface area contributed by atoms with Crippen LogP contribution in [0.2, 0.25) is 0 Å². The Morgan fingerprint density at radius 3 is 2.47 bits per heavy atom. The zero-order valence-corrected chi connectivity index (χ0v) is 10.8. The number of benzene rings is 1. The van der Waals surface area contributed by atoms with Crippen LogP contribution in [0.4, 0.5) is 5.69 Å². The first-order valence-electron chi connectivity index (χ1n) is 5.95. The molecule has 0 saturated heterocycles. The maximum Gasteiger partial charge on any atom is 0.251 e. The Labute approximate surface area is 103 Å². The van der Waals surface area contributed by atoms with Crippen LogP contribution in [0.1, 0.15) is 29.8 Å². The first kappa shape index (κ1) is 13.5. The summed E-state index contributed by atoms with van der Waals surface area (Å²) >= 11 is 0. The van der Waals surface area contributed by atoms with Gasteiger partial charge in [0.25, 0.3) is 5.91 Å². The second-order valence-electron chi connectivity index (χ2n) is 3.95. The van der Waals surface area contributed by atoms with Gasteiger partial charge in [0.15, 0.2) is 0 Å². The van der Waals surface area contributed by atoms with E-state index in [9.17, 15) is 4.79 Å². The number of carbonyl (C=O) groups is 1. The Balaban J connectivity index is 2.86. The zero-order valence-electron chi connectivity index (χ0n) is 10.8. The van der Waals surface area contributed by atoms with Crippen LogP contribution < -0.4 is 11.1 Å². The predicted molar refractivity (Wildman–Crippen MR) is 70.9 cm³/mol. The van der Waals surface area contributed by atoms with Crippen molar-refractivity contribution in [2.24, 2.45) is 0 Å². The largest absolute Gasteiger partial charge is 0.398 e.